The van der Waals surface area contributed by atoms with Crippen LogP contribution < -0.4 is 16.0 Å². The number of thiophene rings is 2. The Labute approximate surface area is 267 Å². The van der Waals surface area contributed by atoms with Crippen molar-refractivity contribution in [3.05, 3.63) is 145 Å². The van der Waals surface area contributed by atoms with Crippen LogP contribution in [0.15, 0.2) is 133 Å². The Morgan fingerprint density at radius 3 is 1.96 bits per heavy atom. The second-order valence-electron chi connectivity index (χ2n) is 11.9. The lowest BCUT2D eigenvalue weighted by Crippen LogP contribution is -2.56. The molecule has 0 radical (unpaired) electrons. The van der Waals surface area contributed by atoms with Crippen molar-refractivity contribution in [3.8, 4) is 0 Å². The molecule has 3 atom stereocenters. The Bertz CT molecular complexity index is 2560. The van der Waals surface area contributed by atoms with E-state index in [0.29, 0.717) is 0 Å². The molecule has 4 nitrogen and oxygen atoms in total. The smallest absolute Gasteiger partial charge is 0.142 e. The van der Waals surface area contributed by atoms with E-state index in [1.54, 1.807) is 0 Å². The molecule has 4 heterocycles. The molecule has 1 saturated heterocycles. The zero-order valence-corrected chi connectivity index (χ0v) is 25.8. The second kappa shape index (κ2) is 9.97. The predicted molar refractivity (Wildman–Crippen MR) is 192 cm³/mol. The van der Waals surface area contributed by atoms with Gasteiger partial charge in [0.15, 0.2) is 0 Å². The average molecular weight is 617 g/mol. The lowest BCUT2D eigenvalue weighted by molar-refractivity contribution is 0.162. The summed E-state index contributed by atoms with van der Waals surface area (Å²) in [4.78, 5) is 0. The molecule has 0 saturated carbocycles. The molecular formula is C39H28N4S2. The summed E-state index contributed by atoms with van der Waals surface area (Å²) in [5, 5.41) is 19.7. The van der Waals surface area contributed by atoms with Gasteiger partial charge in [0.05, 0.1) is 23.4 Å². The first-order valence-corrected chi connectivity index (χ1v) is 17.0. The van der Waals surface area contributed by atoms with Crippen LogP contribution in [0.1, 0.15) is 29.7 Å². The van der Waals surface area contributed by atoms with Gasteiger partial charge in [-0.25, -0.2) is 0 Å². The first-order chi connectivity index (χ1) is 22.3. The highest BCUT2D eigenvalue weighted by Crippen LogP contribution is 2.42. The van der Waals surface area contributed by atoms with Gasteiger partial charge < -0.3 is 4.57 Å². The van der Waals surface area contributed by atoms with Gasteiger partial charge in [0, 0.05) is 56.7 Å². The van der Waals surface area contributed by atoms with Gasteiger partial charge in [-0.05, 0) is 35.9 Å². The molecule has 1 fully saturated rings. The third kappa shape index (κ3) is 3.94. The molecule has 0 amide bonds. The van der Waals surface area contributed by atoms with Crippen molar-refractivity contribution in [3.63, 3.8) is 0 Å². The summed E-state index contributed by atoms with van der Waals surface area (Å²) in [6, 6.07) is 48.6. The lowest BCUT2D eigenvalue weighted by Gasteiger charge is -2.40. The summed E-state index contributed by atoms with van der Waals surface area (Å²) in [7, 11) is 0. The number of nitrogens with one attached hydrogen (secondary N) is 3. The highest BCUT2D eigenvalue weighted by atomic mass is 32.1. The monoisotopic (exact) mass is 616 g/mol. The number of para-hydroxylation sites is 1. The number of nitrogens with zero attached hydrogens (tertiary/aromatic N) is 1. The number of aromatic nitrogens is 1. The minimum absolute atomic E-state index is 0.0589. The van der Waals surface area contributed by atoms with Crippen molar-refractivity contribution in [2.45, 2.75) is 18.6 Å². The normalized spacial score (nSPS) is 19.1. The van der Waals surface area contributed by atoms with Crippen molar-refractivity contribution in [2.75, 3.05) is 0 Å². The fourth-order valence-electron chi connectivity index (χ4n) is 7.28. The molecular weight excluding hydrogens is 589 g/mol. The first kappa shape index (κ1) is 25.7. The van der Waals surface area contributed by atoms with Crippen molar-refractivity contribution < 1.29 is 0 Å². The second-order valence-corrected chi connectivity index (χ2v) is 14.0. The molecule has 0 aliphatic carbocycles. The lowest BCUT2D eigenvalue weighted by atomic mass is 10.1. The van der Waals surface area contributed by atoms with Crippen LogP contribution in [0.25, 0.3) is 62.2 Å². The minimum Gasteiger partial charge on any atom is -0.311 e. The third-order valence-corrected chi connectivity index (χ3v) is 11.7. The molecule has 6 heteroatoms. The van der Waals surface area contributed by atoms with E-state index in [1.165, 1.54) is 73.3 Å². The van der Waals surface area contributed by atoms with Crippen molar-refractivity contribution in [1.29, 1.82) is 0 Å². The highest BCUT2D eigenvalue weighted by Gasteiger charge is 2.32. The van der Waals surface area contributed by atoms with Crippen molar-refractivity contribution in [1.82, 2.24) is 20.5 Å². The van der Waals surface area contributed by atoms with Crippen molar-refractivity contribution in [2.24, 2.45) is 0 Å². The van der Waals surface area contributed by atoms with Crippen LogP contribution in [0.4, 0.5) is 0 Å². The Morgan fingerprint density at radius 2 is 1.11 bits per heavy atom. The molecule has 1 aliphatic rings. The van der Waals surface area contributed by atoms with Crippen LogP contribution in [0, 0.1) is 0 Å². The first-order valence-electron chi connectivity index (χ1n) is 15.4. The van der Waals surface area contributed by atoms with Crippen LogP contribution in [0.2, 0.25) is 0 Å². The van der Waals surface area contributed by atoms with Crippen LogP contribution in [-0.2, 0) is 0 Å². The van der Waals surface area contributed by atoms with E-state index in [-0.39, 0.29) is 18.6 Å². The Balaban J connectivity index is 1.19. The summed E-state index contributed by atoms with van der Waals surface area (Å²) in [5.41, 5.74) is 4.93. The number of rotatable bonds is 3. The number of benzene rings is 6. The molecule has 6 aromatic carbocycles. The summed E-state index contributed by atoms with van der Waals surface area (Å²) >= 11 is 3.76. The molecule has 3 N–H and O–H groups in total. The molecule has 0 spiro atoms. The summed E-state index contributed by atoms with van der Waals surface area (Å²) in [6.07, 6.45) is -0.306. The Hall–Kier alpha value is -4.56. The fraction of sp³-hybridized carbons (Fsp3) is 0.0769. The maximum atomic E-state index is 4.02. The molecule has 45 heavy (non-hydrogen) atoms. The van der Waals surface area contributed by atoms with Crippen molar-refractivity contribution >= 4 is 84.8 Å². The predicted octanol–water partition coefficient (Wildman–Crippen LogP) is 10.2. The largest absolute Gasteiger partial charge is 0.311 e. The maximum Gasteiger partial charge on any atom is 0.142 e. The van der Waals surface area contributed by atoms with Gasteiger partial charge in [-0.1, -0.05) is 103 Å². The summed E-state index contributed by atoms with van der Waals surface area (Å²) in [5.74, 6) is 0. The van der Waals surface area contributed by atoms with Crippen LogP contribution in [0.5, 0.6) is 0 Å². The highest BCUT2D eigenvalue weighted by molar-refractivity contribution is 7.26. The van der Waals surface area contributed by atoms with Crippen LogP contribution >= 0.6 is 22.7 Å². The van der Waals surface area contributed by atoms with Crippen LogP contribution in [0.3, 0.4) is 0 Å². The zero-order chi connectivity index (χ0) is 29.5. The third-order valence-electron chi connectivity index (χ3n) is 9.33. The molecule has 9 aromatic rings. The summed E-state index contributed by atoms with van der Waals surface area (Å²) < 4.78 is 7.76. The topological polar surface area (TPSA) is 41.0 Å². The van der Waals surface area contributed by atoms with Gasteiger partial charge in [-0.3, -0.25) is 16.0 Å². The van der Waals surface area contributed by atoms with Gasteiger partial charge >= 0.3 is 0 Å². The standard InChI is InChI=1S/C39H28N4S2/c1-2-11-23(12-3-1)37-40-38(28-17-10-16-27-25-14-5-9-20-34(25)45-36(27)28)42-39(41-37)43-31-18-7-4-13-24(31)29-21-30-26-15-6-8-19-33(26)44-35(30)22-32(29)43/h1-22,37-42H. The molecule has 3 aromatic heterocycles. The zero-order valence-electron chi connectivity index (χ0n) is 24.2. The van der Waals surface area contributed by atoms with E-state index in [4.69, 9.17) is 0 Å². The Kier molecular flexibility index (Phi) is 5.70. The number of hydrogen-bond donors (Lipinski definition) is 3. The van der Waals surface area contributed by atoms with Crippen LogP contribution in [-0.4, -0.2) is 4.57 Å². The SMILES string of the molecule is c1ccc(C2NC(c3cccc4c3sc3ccccc34)NC(n3c4ccccc4c4cc5c(cc43)sc3ccccc35)N2)cc1. The van der Waals surface area contributed by atoms with E-state index >= 15 is 0 Å². The van der Waals surface area contributed by atoms with E-state index in [1.807, 2.05) is 22.7 Å². The van der Waals surface area contributed by atoms with E-state index in [0.717, 1.165) is 0 Å². The van der Waals surface area contributed by atoms with Gasteiger partial charge in [-0.15, -0.1) is 22.7 Å². The van der Waals surface area contributed by atoms with Gasteiger partial charge in [-0.2, -0.15) is 0 Å². The van der Waals surface area contributed by atoms with Gasteiger partial charge in [0.25, 0.3) is 0 Å². The Morgan fingerprint density at radius 1 is 0.444 bits per heavy atom. The minimum atomic E-state index is -0.166. The van der Waals surface area contributed by atoms with Gasteiger partial charge in [0.2, 0.25) is 0 Å². The number of fused-ring (bicyclic) bond motifs is 9. The molecule has 3 unspecified atom stereocenters. The number of hydrogen-bond acceptors (Lipinski definition) is 5. The molecule has 10 rings (SSSR count). The fourth-order valence-corrected chi connectivity index (χ4v) is 9.65. The van der Waals surface area contributed by atoms with E-state index in [9.17, 15) is 0 Å². The molecule has 216 valence electrons. The summed E-state index contributed by atoms with van der Waals surface area (Å²) in [6.45, 7) is 0. The molecule has 0 bridgehead atoms. The maximum absolute atomic E-state index is 4.02. The molecule has 1 aliphatic heterocycles. The van der Waals surface area contributed by atoms with Gasteiger partial charge in [0.1, 0.15) is 6.29 Å². The quantitative estimate of drug-likeness (QED) is 0.185. The van der Waals surface area contributed by atoms with E-state index < -0.39 is 0 Å². The average Bonchev–Trinajstić information content (AvgIpc) is 3.76. The van der Waals surface area contributed by atoms with E-state index in [2.05, 4.69) is 154 Å².